The van der Waals surface area contributed by atoms with Crippen LogP contribution < -0.4 is 0 Å². The van der Waals surface area contributed by atoms with Gasteiger partial charge in [-0.15, -0.1) is 0 Å². The van der Waals surface area contributed by atoms with Crippen molar-refractivity contribution in [2.24, 2.45) is 0 Å². The lowest BCUT2D eigenvalue weighted by atomic mass is 10.1. The average molecular weight is 136 g/mol. The maximum absolute atomic E-state index is 11.1. The zero-order valence-electron chi connectivity index (χ0n) is 6.48. The molecule has 1 fully saturated rings. The lowest BCUT2D eigenvalue weighted by molar-refractivity contribution is -0.114. The van der Waals surface area contributed by atoms with E-state index in [9.17, 15) is 4.79 Å². The topological polar surface area (TPSA) is 17.1 Å². The maximum atomic E-state index is 11.1. The molecule has 0 unspecified atom stereocenters. The molecule has 0 amide bonds. The molecule has 0 radical (unpaired) electrons. The molecule has 0 atom stereocenters. The molecule has 0 spiro atoms. The fourth-order valence-electron chi connectivity index (χ4n) is 1.34. The van der Waals surface area contributed by atoms with Gasteiger partial charge in [-0.25, -0.2) is 0 Å². The predicted molar refractivity (Wildman–Crippen MR) is 41.8 cm³/mol. The Morgan fingerprint density at radius 2 is 1.90 bits per heavy atom. The van der Waals surface area contributed by atoms with Crippen LogP contribution in [0.4, 0.5) is 0 Å². The average Bonchev–Trinajstić information content (AvgIpc) is 2.30. The second-order valence-electron chi connectivity index (χ2n) is 2.44. The lowest BCUT2D eigenvalue weighted by Gasteiger charge is -1.93. The molecule has 10 heavy (non-hydrogen) atoms. The Kier molecular flexibility index (Phi) is 2.05. The number of allylic oxidation sites excluding steroid dienone is 4. The molecule has 1 aliphatic carbocycles. The highest BCUT2D eigenvalue weighted by molar-refractivity contribution is 6.02. The maximum Gasteiger partial charge on any atom is 0.163 e. The monoisotopic (exact) mass is 136 g/mol. The van der Waals surface area contributed by atoms with Crippen molar-refractivity contribution in [2.75, 3.05) is 0 Å². The van der Waals surface area contributed by atoms with Gasteiger partial charge in [0.2, 0.25) is 0 Å². The van der Waals surface area contributed by atoms with Crippen molar-refractivity contribution in [2.45, 2.75) is 26.7 Å². The number of hydrogen-bond acceptors (Lipinski definition) is 1. The van der Waals surface area contributed by atoms with Gasteiger partial charge in [0.05, 0.1) is 0 Å². The first kappa shape index (κ1) is 7.26. The van der Waals surface area contributed by atoms with Crippen LogP contribution in [0.15, 0.2) is 23.3 Å². The number of carbonyl (C=O) groups is 1. The molecule has 0 aliphatic heterocycles. The van der Waals surface area contributed by atoms with Crippen LogP contribution in [-0.2, 0) is 4.79 Å². The summed E-state index contributed by atoms with van der Waals surface area (Å²) >= 11 is 0. The van der Waals surface area contributed by atoms with Gasteiger partial charge in [0.15, 0.2) is 5.78 Å². The first-order valence-corrected chi connectivity index (χ1v) is 3.64. The summed E-state index contributed by atoms with van der Waals surface area (Å²) in [7, 11) is 0. The van der Waals surface area contributed by atoms with Gasteiger partial charge in [-0.3, -0.25) is 4.79 Å². The summed E-state index contributed by atoms with van der Waals surface area (Å²) < 4.78 is 0. The Labute approximate surface area is 61.4 Å². The lowest BCUT2D eigenvalue weighted by Crippen LogP contribution is -1.90. The molecule has 1 nitrogen and oxygen atoms in total. The van der Waals surface area contributed by atoms with Gasteiger partial charge >= 0.3 is 0 Å². The van der Waals surface area contributed by atoms with E-state index in [2.05, 4.69) is 0 Å². The van der Waals surface area contributed by atoms with Crippen molar-refractivity contribution in [3.05, 3.63) is 23.3 Å². The molecule has 1 heteroatoms. The van der Waals surface area contributed by atoms with Gasteiger partial charge in [-0.2, -0.15) is 0 Å². The van der Waals surface area contributed by atoms with E-state index < -0.39 is 0 Å². The minimum atomic E-state index is 0.301. The Balaban J connectivity index is 2.95. The quantitative estimate of drug-likeness (QED) is 0.467. The molecule has 54 valence electrons. The molecule has 0 bridgehead atoms. The summed E-state index contributed by atoms with van der Waals surface area (Å²) in [6.07, 6.45) is 5.58. The van der Waals surface area contributed by atoms with Gasteiger partial charge in [-0.05, 0) is 25.8 Å². The van der Waals surface area contributed by atoms with Crippen molar-refractivity contribution in [3.63, 3.8) is 0 Å². The highest BCUT2D eigenvalue weighted by Crippen LogP contribution is 2.26. The number of rotatable bonds is 0. The Morgan fingerprint density at radius 1 is 1.20 bits per heavy atom. The van der Waals surface area contributed by atoms with Crippen molar-refractivity contribution in [3.8, 4) is 0 Å². The zero-order chi connectivity index (χ0) is 7.56. The van der Waals surface area contributed by atoms with E-state index in [4.69, 9.17) is 0 Å². The van der Waals surface area contributed by atoms with Crippen LogP contribution in [0.1, 0.15) is 26.7 Å². The van der Waals surface area contributed by atoms with Crippen LogP contribution >= 0.6 is 0 Å². The van der Waals surface area contributed by atoms with Crippen LogP contribution in [0.25, 0.3) is 0 Å². The molecule has 1 aliphatic rings. The van der Waals surface area contributed by atoms with E-state index in [0.29, 0.717) is 12.2 Å². The normalized spacial score (nSPS) is 26.8. The van der Waals surface area contributed by atoms with Crippen LogP contribution in [0.5, 0.6) is 0 Å². The fraction of sp³-hybridized carbons (Fsp3) is 0.444. The van der Waals surface area contributed by atoms with E-state index in [1.165, 1.54) is 5.57 Å². The highest BCUT2D eigenvalue weighted by Gasteiger charge is 2.20. The largest absolute Gasteiger partial charge is 0.294 e. The van der Waals surface area contributed by atoms with Crippen LogP contribution in [0.3, 0.4) is 0 Å². The Hall–Kier alpha value is -0.850. The zero-order valence-corrected chi connectivity index (χ0v) is 6.48. The van der Waals surface area contributed by atoms with E-state index in [0.717, 1.165) is 12.0 Å². The van der Waals surface area contributed by atoms with Crippen LogP contribution in [-0.4, -0.2) is 5.78 Å². The van der Waals surface area contributed by atoms with Crippen LogP contribution in [0.2, 0.25) is 0 Å². The van der Waals surface area contributed by atoms with Gasteiger partial charge in [0, 0.05) is 12.0 Å². The molecule has 0 heterocycles. The number of ketones is 1. The summed E-state index contributed by atoms with van der Waals surface area (Å²) in [5.41, 5.74) is 2.15. The van der Waals surface area contributed by atoms with Crippen molar-refractivity contribution < 1.29 is 4.79 Å². The third kappa shape index (κ3) is 1.04. The summed E-state index contributed by atoms with van der Waals surface area (Å²) in [5.74, 6) is 0.301. The summed E-state index contributed by atoms with van der Waals surface area (Å²) in [5, 5.41) is 0. The highest BCUT2D eigenvalue weighted by atomic mass is 16.1. The molecular weight excluding hydrogens is 124 g/mol. The number of Topliss-reactive ketones (excluding diaryl/α,β-unsaturated/α-hetero) is 1. The first-order chi connectivity index (χ1) is 4.79. The fourth-order valence-corrected chi connectivity index (χ4v) is 1.34. The molecule has 0 aromatic heterocycles. The molecule has 1 saturated carbocycles. The Bertz CT molecular complexity index is 209. The van der Waals surface area contributed by atoms with Gasteiger partial charge in [-0.1, -0.05) is 12.2 Å². The minimum Gasteiger partial charge on any atom is -0.294 e. The summed E-state index contributed by atoms with van der Waals surface area (Å²) in [4.78, 5) is 11.1. The SMILES string of the molecule is CC=C1CCC(=O)C1=CC. The van der Waals surface area contributed by atoms with Crippen LogP contribution in [0, 0.1) is 0 Å². The van der Waals surface area contributed by atoms with Gasteiger partial charge in [0.1, 0.15) is 0 Å². The van der Waals surface area contributed by atoms with E-state index in [1.54, 1.807) is 0 Å². The van der Waals surface area contributed by atoms with Crippen molar-refractivity contribution in [1.29, 1.82) is 0 Å². The van der Waals surface area contributed by atoms with Crippen molar-refractivity contribution in [1.82, 2.24) is 0 Å². The molecule has 0 aromatic rings. The minimum absolute atomic E-state index is 0.301. The molecule has 0 N–H and O–H groups in total. The molecule has 0 saturated heterocycles. The number of hydrogen-bond donors (Lipinski definition) is 0. The van der Waals surface area contributed by atoms with E-state index in [1.807, 2.05) is 26.0 Å². The first-order valence-electron chi connectivity index (χ1n) is 3.64. The third-order valence-corrected chi connectivity index (χ3v) is 1.90. The molecule has 1 rings (SSSR count). The standard InChI is InChI=1S/C9H12O/c1-3-7-5-6-9(10)8(7)4-2/h3-4H,5-6H2,1-2H3. The second-order valence-corrected chi connectivity index (χ2v) is 2.44. The smallest absolute Gasteiger partial charge is 0.163 e. The summed E-state index contributed by atoms with van der Waals surface area (Å²) in [6.45, 7) is 3.90. The summed E-state index contributed by atoms with van der Waals surface area (Å²) in [6, 6.07) is 0. The van der Waals surface area contributed by atoms with Gasteiger partial charge < -0.3 is 0 Å². The van der Waals surface area contributed by atoms with Crippen molar-refractivity contribution >= 4 is 5.78 Å². The van der Waals surface area contributed by atoms with E-state index in [-0.39, 0.29) is 0 Å². The van der Waals surface area contributed by atoms with E-state index >= 15 is 0 Å². The Morgan fingerprint density at radius 3 is 2.30 bits per heavy atom. The third-order valence-electron chi connectivity index (χ3n) is 1.90. The molecule has 0 aromatic carbocycles. The molecular formula is C9H12O. The predicted octanol–water partition coefficient (Wildman–Crippen LogP) is 2.24. The number of carbonyl (C=O) groups excluding carboxylic acids is 1. The van der Waals surface area contributed by atoms with Gasteiger partial charge in [0.25, 0.3) is 0 Å². The second kappa shape index (κ2) is 2.82.